The standard InChI is InChI=1S/C12H20N4O3S2/c1-4-13-10-11(16-6-7-20-12(16)14-10)21(17,18)15-9(3)8-19-5-2/h6-7,9,13,15H,4-5,8H2,1-3H3. The number of nitrogens with zero attached hydrogens (tertiary/aromatic N) is 2. The van der Waals surface area contributed by atoms with Gasteiger partial charge in [0.25, 0.3) is 10.0 Å². The van der Waals surface area contributed by atoms with Crippen LogP contribution in [0.1, 0.15) is 20.8 Å². The van der Waals surface area contributed by atoms with Gasteiger partial charge in [0.1, 0.15) is 0 Å². The summed E-state index contributed by atoms with van der Waals surface area (Å²) < 4.78 is 34.7. The van der Waals surface area contributed by atoms with E-state index >= 15 is 0 Å². The fourth-order valence-electron chi connectivity index (χ4n) is 1.95. The molecule has 0 aliphatic carbocycles. The molecular weight excluding hydrogens is 312 g/mol. The summed E-state index contributed by atoms with van der Waals surface area (Å²) in [5.74, 6) is 0.375. The summed E-state index contributed by atoms with van der Waals surface area (Å²) in [6.07, 6.45) is 1.70. The Balaban J connectivity index is 2.34. The molecule has 0 aliphatic rings. The van der Waals surface area contributed by atoms with Crippen LogP contribution in [0.15, 0.2) is 16.6 Å². The first-order chi connectivity index (χ1) is 9.99. The third-order valence-electron chi connectivity index (χ3n) is 2.75. The minimum atomic E-state index is -3.68. The van der Waals surface area contributed by atoms with Crippen molar-refractivity contribution in [3.63, 3.8) is 0 Å². The second kappa shape index (κ2) is 6.73. The first kappa shape index (κ1) is 16.2. The van der Waals surface area contributed by atoms with Crippen molar-refractivity contribution in [1.82, 2.24) is 14.1 Å². The third kappa shape index (κ3) is 3.54. The lowest BCUT2D eigenvalue weighted by Crippen LogP contribution is -2.36. The van der Waals surface area contributed by atoms with Crippen molar-refractivity contribution in [1.29, 1.82) is 0 Å². The Hall–Kier alpha value is -1.16. The molecule has 7 nitrogen and oxygen atoms in total. The highest BCUT2D eigenvalue weighted by Gasteiger charge is 2.27. The summed E-state index contributed by atoms with van der Waals surface area (Å²) in [7, 11) is -3.68. The van der Waals surface area contributed by atoms with Gasteiger partial charge in [0.2, 0.25) is 0 Å². The van der Waals surface area contributed by atoms with E-state index in [0.29, 0.717) is 30.5 Å². The molecule has 0 amide bonds. The van der Waals surface area contributed by atoms with Gasteiger partial charge in [0.15, 0.2) is 15.8 Å². The van der Waals surface area contributed by atoms with Gasteiger partial charge in [-0.05, 0) is 20.8 Å². The highest BCUT2D eigenvalue weighted by molar-refractivity contribution is 7.89. The van der Waals surface area contributed by atoms with Gasteiger partial charge < -0.3 is 10.1 Å². The molecule has 0 saturated carbocycles. The molecule has 0 aliphatic heterocycles. The number of nitrogens with one attached hydrogen (secondary N) is 2. The first-order valence-corrected chi connectivity index (χ1v) is 9.15. The number of hydrogen-bond acceptors (Lipinski definition) is 6. The average molecular weight is 332 g/mol. The Bertz CT molecular complexity index is 692. The third-order valence-corrected chi connectivity index (χ3v) is 5.11. The molecule has 118 valence electrons. The van der Waals surface area contributed by atoms with Crippen LogP contribution in [0.4, 0.5) is 5.82 Å². The van der Waals surface area contributed by atoms with E-state index in [9.17, 15) is 8.42 Å². The zero-order valence-electron chi connectivity index (χ0n) is 12.3. The summed E-state index contributed by atoms with van der Waals surface area (Å²) in [4.78, 5) is 4.96. The lowest BCUT2D eigenvalue weighted by Gasteiger charge is -2.14. The fourth-order valence-corrected chi connectivity index (χ4v) is 4.21. The van der Waals surface area contributed by atoms with E-state index in [0.717, 1.165) is 0 Å². The largest absolute Gasteiger partial charge is 0.380 e. The van der Waals surface area contributed by atoms with E-state index in [1.165, 1.54) is 11.3 Å². The van der Waals surface area contributed by atoms with Gasteiger partial charge in [-0.1, -0.05) is 0 Å². The highest BCUT2D eigenvalue weighted by atomic mass is 32.2. The van der Waals surface area contributed by atoms with Crippen LogP contribution in [0.25, 0.3) is 4.96 Å². The molecule has 9 heteroatoms. The minimum Gasteiger partial charge on any atom is -0.380 e. The number of rotatable bonds is 8. The molecule has 2 aromatic rings. The Morgan fingerprint density at radius 1 is 1.48 bits per heavy atom. The Morgan fingerprint density at radius 3 is 2.90 bits per heavy atom. The smallest absolute Gasteiger partial charge is 0.260 e. The predicted molar refractivity (Wildman–Crippen MR) is 83.5 cm³/mol. The summed E-state index contributed by atoms with van der Waals surface area (Å²) in [5, 5.41) is 4.95. The van der Waals surface area contributed by atoms with Gasteiger partial charge in [-0.15, -0.1) is 11.3 Å². The number of imidazole rings is 1. The van der Waals surface area contributed by atoms with Crippen molar-refractivity contribution < 1.29 is 13.2 Å². The van der Waals surface area contributed by atoms with Crippen LogP contribution in [-0.2, 0) is 14.8 Å². The lowest BCUT2D eigenvalue weighted by molar-refractivity contribution is 0.133. The summed E-state index contributed by atoms with van der Waals surface area (Å²) in [5.41, 5.74) is 0. The van der Waals surface area contributed by atoms with Crippen LogP contribution in [0.5, 0.6) is 0 Å². The molecule has 2 rings (SSSR count). The van der Waals surface area contributed by atoms with E-state index in [4.69, 9.17) is 4.74 Å². The van der Waals surface area contributed by atoms with Crippen LogP contribution in [-0.4, -0.2) is 43.6 Å². The average Bonchev–Trinajstić information content (AvgIpc) is 2.95. The lowest BCUT2D eigenvalue weighted by atomic mass is 10.4. The number of hydrogen-bond donors (Lipinski definition) is 2. The van der Waals surface area contributed by atoms with Gasteiger partial charge in [-0.3, -0.25) is 4.40 Å². The number of fused-ring (bicyclic) bond motifs is 1. The zero-order valence-corrected chi connectivity index (χ0v) is 13.9. The molecular formula is C12H20N4O3S2. The number of thiazole rings is 1. The normalized spacial score (nSPS) is 13.7. The maximum atomic E-state index is 12.6. The van der Waals surface area contributed by atoms with E-state index in [2.05, 4.69) is 15.0 Å². The zero-order chi connectivity index (χ0) is 15.5. The molecule has 0 bridgehead atoms. The second-order valence-electron chi connectivity index (χ2n) is 4.53. The topological polar surface area (TPSA) is 84.7 Å². The van der Waals surface area contributed by atoms with Gasteiger partial charge in [-0.25, -0.2) is 18.1 Å². The van der Waals surface area contributed by atoms with Crippen molar-refractivity contribution in [2.24, 2.45) is 0 Å². The van der Waals surface area contributed by atoms with Crippen LogP contribution in [0.3, 0.4) is 0 Å². The Kier molecular flexibility index (Phi) is 5.20. The predicted octanol–water partition coefficient (Wildman–Crippen LogP) is 1.53. The van der Waals surface area contributed by atoms with E-state index in [1.807, 2.05) is 13.8 Å². The van der Waals surface area contributed by atoms with Gasteiger partial charge >= 0.3 is 0 Å². The molecule has 21 heavy (non-hydrogen) atoms. The molecule has 0 saturated heterocycles. The number of ether oxygens (including phenoxy) is 1. The van der Waals surface area contributed by atoms with Crippen LogP contribution >= 0.6 is 11.3 Å². The summed E-state index contributed by atoms with van der Waals surface area (Å²) in [6, 6.07) is -0.311. The molecule has 1 atom stereocenters. The van der Waals surface area contributed by atoms with Crippen molar-refractivity contribution in [2.75, 3.05) is 25.1 Å². The fraction of sp³-hybridized carbons (Fsp3) is 0.583. The van der Waals surface area contributed by atoms with E-state index < -0.39 is 10.0 Å². The second-order valence-corrected chi connectivity index (χ2v) is 7.04. The monoisotopic (exact) mass is 332 g/mol. The number of aromatic nitrogens is 2. The quantitative estimate of drug-likeness (QED) is 0.766. The SMILES string of the molecule is CCNc1nc2sccn2c1S(=O)(=O)NC(C)COCC. The molecule has 2 heterocycles. The van der Waals surface area contributed by atoms with Crippen molar-refractivity contribution in [3.8, 4) is 0 Å². The Labute approximate surface area is 128 Å². The van der Waals surface area contributed by atoms with Gasteiger partial charge in [0, 0.05) is 30.8 Å². The van der Waals surface area contributed by atoms with Gasteiger partial charge in [0.05, 0.1) is 6.61 Å². The van der Waals surface area contributed by atoms with Crippen LogP contribution < -0.4 is 10.0 Å². The summed E-state index contributed by atoms with van der Waals surface area (Å²) in [6.45, 7) is 7.02. The van der Waals surface area contributed by atoms with E-state index in [-0.39, 0.29) is 11.1 Å². The van der Waals surface area contributed by atoms with Crippen molar-refractivity contribution in [3.05, 3.63) is 11.6 Å². The van der Waals surface area contributed by atoms with Gasteiger partial charge in [-0.2, -0.15) is 0 Å². The van der Waals surface area contributed by atoms with Crippen LogP contribution in [0.2, 0.25) is 0 Å². The minimum absolute atomic E-state index is 0.143. The number of anilines is 1. The maximum Gasteiger partial charge on any atom is 0.260 e. The molecule has 2 aromatic heterocycles. The van der Waals surface area contributed by atoms with Crippen molar-refractivity contribution in [2.45, 2.75) is 31.8 Å². The highest BCUT2D eigenvalue weighted by Crippen LogP contribution is 2.25. The summed E-state index contributed by atoms with van der Waals surface area (Å²) >= 11 is 1.39. The number of sulfonamides is 1. The molecule has 0 spiro atoms. The Morgan fingerprint density at radius 2 is 2.24 bits per heavy atom. The molecule has 0 aromatic carbocycles. The molecule has 0 fully saturated rings. The van der Waals surface area contributed by atoms with Crippen LogP contribution in [0, 0.1) is 0 Å². The molecule has 1 unspecified atom stereocenters. The first-order valence-electron chi connectivity index (χ1n) is 6.79. The maximum absolute atomic E-state index is 12.6. The molecule has 0 radical (unpaired) electrons. The van der Waals surface area contributed by atoms with Crippen molar-refractivity contribution >= 4 is 32.1 Å². The molecule has 2 N–H and O–H groups in total. The van der Waals surface area contributed by atoms with E-state index in [1.54, 1.807) is 22.9 Å².